The van der Waals surface area contributed by atoms with Crippen LogP contribution in [-0.4, -0.2) is 34.7 Å². The number of hydrogen-bond acceptors (Lipinski definition) is 5. The summed E-state index contributed by atoms with van der Waals surface area (Å²) in [6, 6.07) is 12.7. The number of amidine groups is 1. The van der Waals surface area contributed by atoms with Gasteiger partial charge in [-0.25, -0.2) is 4.98 Å². The van der Waals surface area contributed by atoms with Gasteiger partial charge in [0.05, 0.1) is 12.4 Å². The monoisotopic (exact) mass is 416 g/mol. The summed E-state index contributed by atoms with van der Waals surface area (Å²) in [7, 11) is 0. The smallest absolute Gasteiger partial charge is 0.213 e. The van der Waals surface area contributed by atoms with Crippen LogP contribution in [0.1, 0.15) is 40.0 Å². The number of benzene rings is 1. The van der Waals surface area contributed by atoms with Crippen molar-refractivity contribution in [3.63, 3.8) is 0 Å². The van der Waals surface area contributed by atoms with E-state index in [9.17, 15) is 9.18 Å². The lowest BCUT2D eigenvalue weighted by Crippen LogP contribution is -2.18. The van der Waals surface area contributed by atoms with Gasteiger partial charge in [0.2, 0.25) is 5.95 Å². The zero-order valence-electron chi connectivity index (χ0n) is 17.6. The van der Waals surface area contributed by atoms with Crippen molar-refractivity contribution >= 4 is 11.6 Å². The second kappa shape index (κ2) is 9.60. The van der Waals surface area contributed by atoms with Gasteiger partial charge < -0.3 is 5.32 Å². The van der Waals surface area contributed by atoms with Gasteiger partial charge in [0.15, 0.2) is 5.78 Å². The molecule has 0 aliphatic carbocycles. The number of carbonyl (C=O) groups excluding carboxylic acids is 1. The maximum absolute atomic E-state index is 13.3. The van der Waals surface area contributed by atoms with E-state index in [2.05, 4.69) is 26.3 Å². The molecule has 158 valence electrons. The number of pyridine rings is 2. The molecular weight excluding hydrogens is 391 g/mol. The average Bonchev–Trinajstić information content (AvgIpc) is 3.30. The Bertz CT molecular complexity index is 1130. The fraction of sp³-hybridized carbons (Fsp3) is 0.280. The molecule has 5 nitrogen and oxygen atoms in total. The molecule has 31 heavy (non-hydrogen) atoms. The van der Waals surface area contributed by atoms with Crippen LogP contribution in [0.25, 0.3) is 11.1 Å². The van der Waals surface area contributed by atoms with E-state index in [-0.39, 0.29) is 12.2 Å². The lowest BCUT2D eigenvalue weighted by atomic mass is 9.93. The first kappa shape index (κ1) is 20.8. The predicted molar refractivity (Wildman–Crippen MR) is 120 cm³/mol. The third kappa shape index (κ3) is 5.40. The Kier molecular flexibility index (Phi) is 6.46. The van der Waals surface area contributed by atoms with Crippen LogP contribution in [0, 0.1) is 12.9 Å². The molecule has 0 unspecified atom stereocenters. The molecule has 0 spiro atoms. The first-order valence-corrected chi connectivity index (χ1v) is 10.6. The van der Waals surface area contributed by atoms with E-state index >= 15 is 0 Å². The van der Waals surface area contributed by atoms with E-state index < -0.39 is 5.95 Å². The highest BCUT2D eigenvalue weighted by molar-refractivity contribution is 5.97. The number of carbonyl (C=O) groups is 1. The van der Waals surface area contributed by atoms with E-state index in [1.54, 1.807) is 18.3 Å². The van der Waals surface area contributed by atoms with E-state index in [1.165, 1.54) is 6.07 Å². The molecule has 0 radical (unpaired) electrons. The number of nitrogens with zero attached hydrogens (tertiary/aromatic N) is 3. The number of aromatic nitrogens is 2. The Balaban J connectivity index is 1.58. The van der Waals surface area contributed by atoms with Crippen LogP contribution < -0.4 is 5.32 Å². The highest BCUT2D eigenvalue weighted by Crippen LogP contribution is 2.26. The minimum absolute atomic E-state index is 0.0204. The summed E-state index contributed by atoms with van der Waals surface area (Å²) in [5.74, 6) is 0.518. The molecule has 0 saturated carbocycles. The van der Waals surface area contributed by atoms with E-state index in [0.717, 1.165) is 54.0 Å². The molecule has 0 amide bonds. The van der Waals surface area contributed by atoms with Crippen molar-refractivity contribution in [1.82, 2.24) is 15.3 Å². The fourth-order valence-corrected chi connectivity index (χ4v) is 3.77. The molecule has 1 aromatic carbocycles. The van der Waals surface area contributed by atoms with Gasteiger partial charge >= 0.3 is 0 Å². The Morgan fingerprint density at radius 3 is 2.81 bits per heavy atom. The van der Waals surface area contributed by atoms with Crippen molar-refractivity contribution in [2.75, 3.05) is 13.1 Å². The van der Waals surface area contributed by atoms with Gasteiger partial charge in [-0.3, -0.25) is 14.8 Å². The molecule has 4 rings (SSSR count). The van der Waals surface area contributed by atoms with Crippen LogP contribution in [0.5, 0.6) is 0 Å². The number of halogens is 1. The maximum atomic E-state index is 13.3. The van der Waals surface area contributed by atoms with Crippen LogP contribution in [0.4, 0.5) is 4.39 Å². The molecule has 0 fully saturated rings. The molecule has 3 aromatic rings. The molecule has 6 heteroatoms. The van der Waals surface area contributed by atoms with Gasteiger partial charge in [0.1, 0.15) is 0 Å². The van der Waals surface area contributed by atoms with Crippen LogP contribution in [0.2, 0.25) is 0 Å². The Labute approximate surface area is 181 Å². The van der Waals surface area contributed by atoms with Crippen molar-refractivity contribution in [2.24, 2.45) is 4.99 Å². The summed E-state index contributed by atoms with van der Waals surface area (Å²) in [6.07, 6.45) is 5.90. The third-order valence-corrected chi connectivity index (χ3v) is 5.44. The van der Waals surface area contributed by atoms with Gasteiger partial charge in [-0.1, -0.05) is 12.1 Å². The first-order valence-electron chi connectivity index (χ1n) is 10.6. The van der Waals surface area contributed by atoms with Crippen molar-refractivity contribution in [3.05, 3.63) is 83.2 Å². The molecule has 0 saturated heterocycles. The summed E-state index contributed by atoms with van der Waals surface area (Å²) in [6.45, 7) is 3.75. The summed E-state index contributed by atoms with van der Waals surface area (Å²) in [5.41, 5.74) is 5.44. The summed E-state index contributed by atoms with van der Waals surface area (Å²) >= 11 is 0. The fourth-order valence-electron chi connectivity index (χ4n) is 3.77. The SMILES string of the molecule is Cc1ccncc1-c1cc(CCC2=NCCN2)cc(C(=O)CCc2cccc(F)n2)c1. The van der Waals surface area contributed by atoms with Gasteiger partial charge in [-0.2, -0.15) is 4.39 Å². The van der Waals surface area contributed by atoms with Crippen LogP contribution in [-0.2, 0) is 12.8 Å². The van der Waals surface area contributed by atoms with Crippen LogP contribution in [0.3, 0.4) is 0 Å². The van der Waals surface area contributed by atoms with E-state index in [1.807, 2.05) is 31.3 Å². The average molecular weight is 417 g/mol. The molecule has 2 aromatic heterocycles. The maximum Gasteiger partial charge on any atom is 0.213 e. The first-order chi connectivity index (χ1) is 15.1. The molecule has 1 N–H and O–H groups in total. The normalized spacial score (nSPS) is 13.0. The lowest BCUT2D eigenvalue weighted by molar-refractivity contribution is 0.0982. The number of ketones is 1. The van der Waals surface area contributed by atoms with Crippen molar-refractivity contribution in [2.45, 2.75) is 32.6 Å². The van der Waals surface area contributed by atoms with E-state index in [0.29, 0.717) is 17.7 Å². The zero-order chi connectivity index (χ0) is 21.6. The number of aryl methyl sites for hydroxylation is 3. The number of Topliss-reactive ketones (excluding diaryl/α,β-unsaturated/α-hetero) is 1. The second-order valence-electron chi connectivity index (χ2n) is 7.74. The second-order valence-corrected chi connectivity index (χ2v) is 7.74. The highest BCUT2D eigenvalue weighted by atomic mass is 19.1. The van der Waals surface area contributed by atoms with Crippen LogP contribution >= 0.6 is 0 Å². The van der Waals surface area contributed by atoms with Crippen molar-refractivity contribution < 1.29 is 9.18 Å². The predicted octanol–water partition coefficient (Wildman–Crippen LogP) is 4.34. The molecule has 3 heterocycles. The van der Waals surface area contributed by atoms with Crippen molar-refractivity contribution in [3.8, 4) is 11.1 Å². The van der Waals surface area contributed by atoms with Gasteiger partial charge in [-0.05, 0) is 66.8 Å². The van der Waals surface area contributed by atoms with Gasteiger partial charge in [0.25, 0.3) is 0 Å². The number of aliphatic imine (C=N–C) groups is 1. The minimum Gasteiger partial charge on any atom is -0.372 e. The number of rotatable bonds is 8. The molecule has 1 aliphatic rings. The largest absolute Gasteiger partial charge is 0.372 e. The Morgan fingerprint density at radius 1 is 1.13 bits per heavy atom. The Morgan fingerprint density at radius 2 is 2.03 bits per heavy atom. The molecule has 1 aliphatic heterocycles. The summed E-state index contributed by atoms with van der Waals surface area (Å²) in [4.78, 5) is 25.6. The van der Waals surface area contributed by atoms with Crippen molar-refractivity contribution in [1.29, 1.82) is 0 Å². The molecule has 0 atom stereocenters. The summed E-state index contributed by atoms with van der Waals surface area (Å²) in [5, 5.41) is 3.30. The highest BCUT2D eigenvalue weighted by Gasteiger charge is 2.13. The topological polar surface area (TPSA) is 67.2 Å². The minimum atomic E-state index is -0.523. The zero-order valence-corrected chi connectivity index (χ0v) is 17.6. The molecular formula is C25H25FN4O. The molecule has 0 bridgehead atoms. The quantitative estimate of drug-likeness (QED) is 0.438. The standard InChI is InChI=1S/C25H25FN4O/c1-17-9-10-27-16-22(17)19-13-18(5-8-25-28-11-12-29-25)14-20(15-19)23(31)7-6-21-3-2-4-24(26)30-21/h2-4,9-10,13-16H,5-8,11-12H2,1H3,(H,28,29). The Hall–Kier alpha value is -3.41. The summed E-state index contributed by atoms with van der Waals surface area (Å²) < 4.78 is 13.3. The van der Waals surface area contributed by atoms with Gasteiger partial charge in [0, 0.05) is 48.6 Å². The van der Waals surface area contributed by atoms with Crippen LogP contribution in [0.15, 0.2) is 59.9 Å². The lowest BCUT2D eigenvalue weighted by Gasteiger charge is -2.12. The van der Waals surface area contributed by atoms with E-state index in [4.69, 9.17) is 0 Å². The number of nitrogens with one attached hydrogen (secondary N) is 1. The third-order valence-electron chi connectivity index (χ3n) is 5.44. The number of hydrogen-bond donors (Lipinski definition) is 1. The van der Waals surface area contributed by atoms with Gasteiger partial charge in [-0.15, -0.1) is 0 Å².